The number of aromatic amines is 1. The van der Waals surface area contributed by atoms with Crippen molar-refractivity contribution in [1.29, 1.82) is 0 Å². The molecular weight excluding hydrogens is 256 g/mol. The Morgan fingerprint density at radius 1 is 1.45 bits per heavy atom. The minimum absolute atomic E-state index is 0.290. The van der Waals surface area contributed by atoms with Gasteiger partial charge in [-0.15, -0.1) is 5.10 Å². The van der Waals surface area contributed by atoms with Crippen molar-refractivity contribution < 1.29 is 0 Å². The Hall–Kier alpha value is -1.89. The number of aromatic nitrogens is 4. The van der Waals surface area contributed by atoms with Crippen LogP contribution in [0.2, 0.25) is 0 Å². The van der Waals surface area contributed by atoms with Crippen LogP contribution in [0.3, 0.4) is 0 Å². The number of H-pyrrole nitrogens is 1. The molecule has 3 rings (SSSR count). The summed E-state index contributed by atoms with van der Waals surface area (Å²) in [6.45, 7) is 5.03. The van der Waals surface area contributed by atoms with Gasteiger partial charge < -0.3 is 10.2 Å². The van der Waals surface area contributed by atoms with E-state index >= 15 is 0 Å². The van der Waals surface area contributed by atoms with Gasteiger partial charge in [-0.25, -0.2) is 9.89 Å². The average molecular weight is 276 g/mol. The normalized spacial score (nSPS) is 19.6. The topological polar surface area (TPSA) is 78.3 Å². The number of hydrogen-bond acceptors (Lipinski definition) is 5. The maximum absolute atomic E-state index is 11.6. The molecule has 0 aromatic carbocycles. The molecule has 1 aliphatic heterocycles. The lowest BCUT2D eigenvalue weighted by atomic mass is 10.0. The zero-order chi connectivity index (χ0) is 13.9. The predicted molar refractivity (Wildman–Crippen MR) is 77.1 cm³/mol. The third-order valence-electron chi connectivity index (χ3n) is 3.81. The smallest absolute Gasteiger partial charge is 0.351 e. The van der Waals surface area contributed by atoms with Crippen molar-refractivity contribution in [2.75, 3.05) is 24.5 Å². The van der Waals surface area contributed by atoms with Gasteiger partial charge in [0.15, 0.2) is 5.65 Å². The molecule has 0 bridgehead atoms. The second kappa shape index (κ2) is 5.62. The molecule has 1 unspecified atom stereocenters. The number of likely N-dealkylation sites (N-methyl/N-ethyl adjacent to an activating group) is 1. The molecule has 0 spiro atoms. The van der Waals surface area contributed by atoms with Crippen LogP contribution in [0.25, 0.3) is 5.65 Å². The van der Waals surface area contributed by atoms with Crippen molar-refractivity contribution >= 4 is 11.5 Å². The fraction of sp³-hybridized carbons (Fsp3) is 0.615. The zero-order valence-corrected chi connectivity index (χ0v) is 11.7. The van der Waals surface area contributed by atoms with E-state index in [-0.39, 0.29) is 5.69 Å². The molecule has 0 aliphatic carbocycles. The molecule has 2 aromatic heterocycles. The number of rotatable bonds is 4. The van der Waals surface area contributed by atoms with Crippen LogP contribution in [0.5, 0.6) is 0 Å². The minimum atomic E-state index is -0.290. The summed E-state index contributed by atoms with van der Waals surface area (Å²) >= 11 is 0. The van der Waals surface area contributed by atoms with Crippen molar-refractivity contribution in [1.82, 2.24) is 25.1 Å². The molecule has 20 heavy (non-hydrogen) atoms. The first kappa shape index (κ1) is 13.1. The molecule has 2 N–H and O–H groups in total. The van der Waals surface area contributed by atoms with E-state index < -0.39 is 0 Å². The van der Waals surface area contributed by atoms with E-state index in [1.54, 1.807) is 0 Å². The molecule has 7 nitrogen and oxygen atoms in total. The minimum Gasteiger partial charge on any atom is -0.351 e. The van der Waals surface area contributed by atoms with E-state index in [0.717, 1.165) is 31.9 Å². The van der Waals surface area contributed by atoms with E-state index in [9.17, 15) is 4.79 Å². The molecule has 2 aromatic rings. The number of piperidine rings is 1. The van der Waals surface area contributed by atoms with E-state index in [2.05, 4.69) is 32.4 Å². The molecule has 1 aliphatic rings. The van der Waals surface area contributed by atoms with Crippen LogP contribution in [0.4, 0.5) is 5.82 Å². The van der Waals surface area contributed by atoms with Gasteiger partial charge in [0.05, 0.1) is 0 Å². The summed E-state index contributed by atoms with van der Waals surface area (Å²) in [5.74, 6) is 0.851. The van der Waals surface area contributed by atoms with Gasteiger partial charge in [-0.2, -0.15) is 9.61 Å². The van der Waals surface area contributed by atoms with Crippen molar-refractivity contribution in [3.8, 4) is 0 Å². The Morgan fingerprint density at radius 2 is 2.35 bits per heavy atom. The summed E-state index contributed by atoms with van der Waals surface area (Å²) in [5.41, 5.74) is 0.265. The Bertz CT molecular complexity index is 633. The van der Waals surface area contributed by atoms with E-state index in [1.807, 2.05) is 12.1 Å². The van der Waals surface area contributed by atoms with Gasteiger partial charge in [-0.05, 0) is 37.9 Å². The number of nitrogens with zero attached hydrogens (tertiary/aromatic N) is 4. The van der Waals surface area contributed by atoms with Gasteiger partial charge in [0, 0.05) is 19.1 Å². The molecule has 3 heterocycles. The SMILES string of the molecule is CCNCC1CCCCN1c1ccc2n[nH]c(=O)n2n1. The van der Waals surface area contributed by atoms with Gasteiger partial charge in [-0.1, -0.05) is 6.92 Å². The van der Waals surface area contributed by atoms with E-state index in [4.69, 9.17) is 0 Å². The maximum Gasteiger partial charge on any atom is 0.364 e. The van der Waals surface area contributed by atoms with Crippen molar-refractivity contribution in [2.45, 2.75) is 32.2 Å². The molecule has 7 heteroatoms. The summed E-state index contributed by atoms with van der Waals surface area (Å²) in [4.78, 5) is 13.9. The summed E-state index contributed by atoms with van der Waals surface area (Å²) in [6, 6.07) is 4.22. The Morgan fingerprint density at radius 3 is 3.20 bits per heavy atom. The number of anilines is 1. The van der Waals surface area contributed by atoms with Crippen LogP contribution >= 0.6 is 0 Å². The molecule has 0 radical (unpaired) electrons. The second-order valence-electron chi connectivity index (χ2n) is 5.14. The summed E-state index contributed by atoms with van der Waals surface area (Å²) in [7, 11) is 0. The monoisotopic (exact) mass is 276 g/mol. The Labute approximate surface area is 117 Å². The van der Waals surface area contributed by atoms with Crippen molar-refractivity contribution in [3.05, 3.63) is 22.6 Å². The highest BCUT2D eigenvalue weighted by atomic mass is 16.2. The highest BCUT2D eigenvalue weighted by Crippen LogP contribution is 2.22. The lowest BCUT2D eigenvalue weighted by Crippen LogP contribution is -2.46. The Balaban J connectivity index is 1.90. The number of nitrogens with one attached hydrogen (secondary N) is 2. The van der Waals surface area contributed by atoms with Gasteiger partial charge in [0.25, 0.3) is 0 Å². The van der Waals surface area contributed by atoms with Crippen molar-refractivity contribution in [3.63, 3.8) is 0 Å². The van der Waals surface area contributed by atoms with Gasteiger partial charge >= 0.3 is 5.69 Å². The summed E-state index contributed by atoms with van der Waals surface area (Å²) in [5, 5.41) is 14.2. The highest BCUT2D eigenvalue weighted by Gasteiger charge is 2.23. The van der Waals surface area contributed by atoms with Crippen LogP contribution in [-0.4, -0.2) is 45.5 Å². The molecule has 0 saturated carbocycles. The van der Waals surface area contributed by atoms with Gasteiger partial charge in [0.1, 0.15) is 5.82 Å². The predicted octanol–water partition coefficient (Wildman–Crippen LogP) is 0.386. The largest absolute Gasteiger partial charge is 0.364 e. The van der Waals surface area contributed by atoms with Crippen LogP contribution in [-0.2, 0) is 0 Å². The molecular formula is C13H20N6O. The highest BCUT2D eigenvalue weighted by molar-refractivity contribution is 5.46. The quantitative estimate of drug-likeness (QED) is 0.844. The van der Waals surface area contributed by atoms with Crippen LogP contribution in [0.1, 0.15) is 26.2 Å². The first-order valence-electron chi connectivity index (χ1n) is 7.21. The van der Waals surface area contributed by atoms with Crippen molar-refractivity contribution in [2.24, 2.45) is 0 Å². The lowest BCUT2D eigenvalue weighted by molar-refractivity contribution is 0.435. The van der Waals surface area contributed by atoms with E-state index in [0.29, 0.717) is 11.7 Å². The van der Waals surface area contributed by atoms with Crippen LogP contribution < -0.4 is 15.9 Å². The molecule has 1 saturated heterocycles. The second-order valence-corrected chi connectivity index (χ2v) is 5.14. The fourth-order valence-electron chi connectivity index (χ4n) is 2.77. The standard InChI is InChI=1S/C13H20N6O/c1-2-14-9-10-5-3-4-8-18(10)12-7-6-11-15-16-13(20)19(11)17-12/h6-7,10,14H,2-5,8-9H2,1H3,(H,16,20). The van der Waals surface area contributed by atoms with E-state index in [1.165, 1.54) is 17.4 Å². The third kappa shape index (κ3) is 2.40. The molecule has 1 fully saturated rings. The summed E-state index contributed by atoms with van der Waals surface area (Å²) in [6.07, 6.45) is 3.58. The average Bonchev–Trinajstić information content (AvgIpc) is 2.86. The number of fused-ring (bicyclic) bond motifs is 1. The lowest BCUT2D eigenvalue weighted by Gasteiger charge is -2.36. The zero-order valence-electron chi connectivity index (χ0n) is 11.7. The number of hydrogen-bond donors (Lipinski definition) is 2. The van der Waals surface area contributed by atoms with Crippen LogP contribution in [0.15, 0.2) is 16.9 Å². The molecule has 1 atom stereocenters. The Kier molecular flexibility index (Phi) is 3.68. The van der Waals surface area contributed by atoms with Gasteiger partial charge in [0.2, 0.25) is 0 Å². The van der Waals surface area contributed by atoms with Gasteiger partial charge in [-0.3, -0.25) is 0 Å². The molecule has 0 amide bonds. The molecule has 108 valence electrons. The third-order valence-corrected chi connectivity index (χ3v) is 3.81. The fourth-order valence-corrected chi connectivity index (χ4v) is 2.77. The summed E-state index contributed by atoms with van der Waals surface area (Å²) < 4.78 is 1.33. The first-order chi connectivity index (χ1) is 9.79. The maximum atomic E-state index is 11.6. The first-order valence-corrected chi connectivity index (χ1v) is 7.21. The van der Waals surface area contributed by atoms with Crippen LogP contribution in [0, 0.1) is 0 Å².